The number of H-pyrrole nitrogens is 1. The zero-order chi connectivity index (χ0) is 25.1. The summed E-state index contributed by atoms with van der Waals surface area (Å²) >= 11 is 0. The molecule has 1 aromatic heterocycles. The maximum Gasteiger partial charge on any atom is 0.261 e. The van der Waals surface area contributed by atoms with Crippen LogP contribution in [0.25, 0.3) is 10.9 Å². The smallest absolute Gasteiger partial charge is 0.261 e. The van der Waals surface area contributed by atoms with Gasteiger partial charge in [0.1, 0.15) is 18.2 Å². The lowest BCUT2D eigenvalue weighted by Gasteiger charge is -2.15. The number of aromatic nitrogens is 2. The van der Waals surface area contributed by atoms with Gasteiger partial charge in [-0.25, -0.2) is 12.8 Å². The van der Waals surface area contributed by atoms with Crippen molar-refractivity contribution in [1.29, 1.82) is 0 Å². The van der Waals surface area contributed by atoms with Gasteiger partial charge in [-0.2, -0.15) is 5.10 Å². The molecule has 1 unspecified atom stereocenters. The number of aliphatic hydroxyl groups excluding tert-OH is 1. The van der Waals surface area contributed by atoms with E-state index in [4.69, 9.17) is 4.74 Å². The van der Waals surface area contributed by atoms with Gasteiger partial charge in [-0.05, 0) is 60.9 Å². The quantitative estimate of drug-likeness (QED) is 0.226. The summed E-state index contributed by atoms with van der Waals surface area (Å²) in [7, 11) is -3.95. The Bertz CT molecular complexity index is 1470. The Labute approximate surface area is 208 Å². The Morgan fingerprint density at radius 3 is 2.75 bits per heavy atom. The van der Waals surface area contributed by atoms with Crippen molar-refractivity contribution < 1.29 is 22.7 Å². The summed E-state index contributed by atoms with van der Waals surface area (Å²) in [6, 6.07) is 17.2. The number of nitrogens with one attached hydrogen (secondary N) is 3. The number of aliphatic hydroxyl groups is 1. The van der Waals surface area contributed by atoms with Crippen LogP contribution in [0.1, 0.15) is 36.1 Å². The summed E-state index contributed by atoms with van der Waals surface area (Å²) in [6.45, 7) is 1.18. The van der Waals surface area contributed by atoms with Gasteiger partial charge in [-0.3, -0.25) is 9.82 Å². The van der Waals surface area contributed by atoms with Crippen molar-refractivity contribution in [3.8, 4) is 5.75 Å². The van der Waals surface area contributed by atoms with Gasteiger partial charge in [0.05, 0.1) is 22.2 Å². The van der Waals surface area contributed by atoms with Crippen molar-refractivity contribution in [2.24, 2.45) is 0 Å². The van der Waals surface area contributed by atoms with E-state index in [1.54, 1.807) is 24.3 Å². The lowest BCUT2D eigenvalue weighted by atomic mass is 10.1. The molecule has 4 aromatic rings. The van der Waals surface area contributed by atoms with Crippen LogP contribution in [0, 0.1) is 5.82 Å². The minimum absolute atomic E-state index is 0.176. The van der Waals surface area contributed by atoms with Crippen molar-refractivity contribution >= 4 is 26.6 Å². The summed E-state index contributed by atoms with van der Waals surface area (Å²) in [5.74, 6) is 0.686. The topological polar surface area (TPSA) is 116 Å². The molecule has 1 saturated carbocycles. The van der Waals surface area contributed by atoms with Crippen molar-refractivity contribution in [3.05, 3.63) is 83.8 Å². The van der Waals surface area contributed by atoms with E-state index >= 15 is 0 Å². The number of benzene rings is 3. The Balaban J connectivity index is 1.10. The van der Waals surface area contributed by atoms with Crippen LogP contribution in [-0.2, 0) is 10.0 Å². The third-order valence-electron chi connectivity index (χ3n) is 6.04. The van der Waals surface area contributed by atoms with Gasteiger partial charge in [-0.15, -0.1) is 0 Å². The fraction of sp³-hybridized carbons (Fsp3) is 0.269. The van der Waals surface area contributed by atoms with Crippen LogP contribution in [-0.4, -0.2) is 43.4 Å². The Kier molecular flexibility index (Phi) is 6.90. The molecule has 3 aromatic carbocycles. The lowest BCUT2D eigenvalue weighted by molar-refractivity contribution is 0.172. The number of fused-ring (bicyclic) bond motifs is 1. The van der Waals surface area contributed by atoms with E-state index in [2.05, 4.69) is 20.2 Å². The number of sulfonamides is 1. The third kappa shape index (κ3) is 5.67. The van der Waals surface area contributed by atoms with Crippen LogP contribution in [0.15, 0.2) is 71.6 Å². The summed E-state index contributed by atoms with van der Waals surface area (Å²) in [5, 5.41) is 22.3. The molecule has 1 fully saturated rings. The normalized spacial score (nSPS) is 14.6. The number of rotatable bonds is 11. The summed E-state index contributed by atoms with van der Waals surface area (Å²) in [6.07, 6.45) is 1.54. The SMILES string of the molecule is O=S(=O)(Nc1cccc(C(O)CNCCOc2ccc3c(C4CC4)n[nH]c3c2)c1)c1cccc(F)c1. The number of anilines is 1. The number of halogens is 1. The number of hydrogen-bond acceptors (Lipinski definition) is 6. The van der Waals surface area contributed by atoms with Crippen LogP contribution in [0.5, 0.6) is 5.75 Å². The number of nitrogens with zero attached hydrogens (tertiary/aromatic N) is 1. The van der Waals surface area contributed by atoms with Gasteiger partial charge in [0, 0.05) is 36.1 Å². The van der Waals surface area contributed by atoms with Crippen molar-refractivity contribution in [1.82, 2.24) is 15.5 Å². The second-order valence-corrected chi connectivity index (χ2v) is 10.5. The fourth-order valence-corrected chi connectivity index (χ4v) is 5.11. The molecule has 36 heavy (non-hydrogen) atoms. The van der Waals surface area contributed by atoms with Crippen LogP contribution in [0.4, 0.5) is 10.1 Å². The summed E-state index contributed by atoms with van der Waals surface area (Å²) < 4.78 is 46.7. The number of hydrogen-bond donors (Lipinski definition) is 4. The Morgan fingerprint density at radius 1 is 1.11 bits per heavy atom. The summed E-state index contributed by atoms with van der Waals surface area (Å²) in [5.41, 5.74) is 2.92. The molecule has 0 amide bonds. The average Bonchev–Trinajstić information content (AvgIpc) is 3.62. The predicted octanol–water partition coefficient (Wildman–Crippen LogP) is 4.08. The highest BCUT2D eigenvalue weighted by molar-refractivity contribution is 7.92. The highest BCUT2D eigenvalue weighted by atomic mass is 32.2. The molecule has 0 radical (unpaired) electrons. The van der Waals surface area contributed by atoms with Crippen LogP contribution >= 0.6 is 0 Å². The predicted molar refractivity (Wildman–Crippen MR) is 135 cm³/mol. The molecule has 1 atom stereocenters. The number of ether oxygens (including phenoxy) is 1. The van der Waals surface area contributed by atoms with E-state index in [0.29, 0.717) is 24.6 Å². The van der Waals surface area contributed by atoms with Crippen LogP contribution < -0.4 is 14.8 Å². The van der Waals surface area contributed by atoms with Crippen LogP contribution in [0.3, 0.4) is 0 Å². The molecule has 10 heteroatoms. The molecule has 0 spiro atoms. The van der Waals surface area contributed by atoms with Crippen molar-refractivity contribution in [2.75, 3.05) is 24.4 Å². The first-order valence-corrected chi connectivity index (χ1v) is 13.3. The first-order chi connectivity index (χ1) is 17.4. The maximum atomic E-state index is 13.4. The Morgan fingerprint density at radius 2 is 1.94 bits per heavy atom. The monoisotopic (exact) mass is 510 g/mol. The van der Waals surface area contributed by atoms with Gasteiger partial charge in [0.2, 0.25) is 0 Å². The molecule has 8 nitrogen and oxygen atoms in total. The van der Waals surface area contributed by atoms with Crippen molar-refractivity contribution in [3.63, 3.8) is 0 Å². The molecule has 188 valence electrons. The van der Waals surface area contributed by atoms with E-state index < -0.39 is 21.9 Å². The zero-order valence-electron chi connectivity index (χ0n) is 19.4. The molecule has 0 saturated heterocycles. The molecule has 5 rings (SSSR count). The molecular weight excluding hydrogens is 483 g/mol. The Hall–Kier alpha value is -3.47. The van der Waals surface area contributed by atoms with Crippen molar-refractivity contribution in [2.45, 2.75) is 29.8 Å². The van der Waals surface area contributed by atoms with E-state index in [-0.39, 0.29) is 17.1 Å². The second-order valence-electron chi connectivity index (χ2n) is 8.85. The molecule has 1 aliphatic carbocycles. The first kappa shape index (κ1) is 24.2. The van der Waals surface area contributed by atoms with Gasteiger partial charge in [0.15, 0.2) is 0 Å². The molecule has 1 heterocycles. The largest absolute Gasteiger partial charge is 0.492 e. The van der Waals surface area contributed by atoms with E-state index in [1.165, 1.54) is 31.0 Å². The maximum absolute atomic E-state index is 13.4. The summed E-state index contributed by atoms with van der Waals surface area (Å²) in [4.78, 5) is -0.176. The van der Waals surface area contributed by atoms with E-state index in [0.717, 1.165) is 28.4 Å². The molecule has 4 N–H and O–H groups in total. The molecular formula is C26H27FN4O4S. The molecule has 0 bridgehead atoms. The zero-order valence-corrected chi connectivity index (χ0v) is 20.3. The van der Waals surface area contributed by atoms with Gasteiger partial charge < -0.3 is 15.2 Å². The lowest BCUT2D eigenvalue weighted by Crippen LogP contribution is -2.26. The minimum Gasteiger partial charge on any atom is -0.492 e. The second kappa shape index (κ2) is 10.3. The van der Waals surface area contributed by atoms with Gasteiger partial charge in [0.25, 0.3) is 10.0 Å². The average molecular weight is 511 g/mol. The number of aromatic amines is 1. The van der Waals surface area contributed by atoms with E-state index in [1.807, 2.05) is 18.2 Å². The van der Waals surface area contributed by atoms with Gasteiger partial charge in [-0.1, -0.05) is 18.2 Å². The first-order valence-electron chi connectivity index (χ1n) is 11.8. The van der Waals surface area contributed by atoms with Gasteiger partial charge >= 0.3 is 0 Å². The highest BCUT2D eigenvalue weighted by Gasteiger charge is 2.27. The fourth-order valence-electron chi connectivity index (χ4n) is 4.03. The highest BCUT2D eigenvalue weighted by Crippen LogP contribution is 2.42. The van der Waals surface area contributed by atoms with E-state index in [9.17, 15) is 17.9 Å². The minimum atomic E-state index is -3.95. The molecule has 0 aliphatic heterocycles. The molecule has 1 aliphatic rings. The van der Waals surface area contributed by atoms with Crippen LogP contribution in [0.2, 0.25) is 0 Å². The standard InChI is InChI=1S/C26H27FN4O4S/c27-19-4-2-6-22(14-19)36(33,34)31-20-5-1-3-18(13-20)25(32)16-28-11-12-35-21-9-10-23-24(15-21)29-30-26(23)17-7-8-17/h1-6,9-10,13-15,17,25,28,31-32H,7-8,11-12,16H2,(H,29,30). The third-order valence-corrected chi connectivity index (χ3v) is 7.42.